The van der Waals surface area contributed by atoms with Gasteiger partial charge >= 0.3 is 11.9 Å². The van der Waals surface area contributed by atoms with Crippen LogP contribution in [0.1, 0.15) is 88.3 Å². The van der Waals surface area contributed by atoms with Crippen LogP contribution < -0.4 is 14.2 Å². The first-order valence-electron chi connectivity index (χ1n) is 18.4. The third-order valence-electron chi connectivity index (χ3n) is 9.79. The topological polar surface area (TPSA) is 108 Å². The number of unbranched alkanes of at least 4 members (excludes halogenated alkanes) is 2. The van der Waals surface area contributed by atoms with E-state index in [2.05, 4.69) is 25.1 Å². The minimum atomic E-state index is -1.38. The number of carbonyl (C=O) groups excluding carboxylic acids is 2. The summed E-state index contributed by atoms with van der Waals surface area (Å²) < 4.78 is 44.9. The number of hydrogen-bond donors (Lipinski definition) is 0. The Morgan fingerprint density at radius 1 is 0.788 bits per heavy atom. The molecule has 52 heavy (non-hydrogen) atoms. The monoisotopic (exact) mass is 720 g/mol. The first kappa shape index (κ1) is 40.6. The second-order valence-electron chi connectivity index (χ2n) is 13.3. The number of ether oxygens (including phenoxy) is 8. The van der Waals surface area contributed by atoms with E-state index in [1.54, 1.807) is 28.1 Å². The van der Waals surface area contributed by atoms with Gasteiger partial charge in [-0.1, -0.05) is 68.3 Å². The Kier molecular flexibility index (Phi) is 16.3. The van der Waals surface area contributed by atoms with Crippen LogP contribution >= 0.6 is 0 Å². The number of esters is 2. The summed E-state index contributed by atoms with van der Waals surface area (Å²) in [5.74, 6) is 1.21. The molecule has 10 nitrogen and oxygen atoms in total. The van der Waals surface area contributed by atoms with Crippen LogP contribution in [-0.4, -0.2) is 66.2 Å². The van der Waals surface area contributed by atoms with Gasteiger partial charge in [0, 0.05) is 38.2 Å². The molecule has 1 aliphatic rings. The Bertz CT molecular complexity index is 1490. The fraction of sp³-hybridized carbons (Fsp3) is 0.524. The minimum absolute atomic E-state index is 0.0693. The fourth-order valence-corrected chi connectivity index (χ4v) is 6.96. The first-order valence-corrected chi connectivity index (χ1v) is 18.4. The summed E-state index contributed by atoms with van der Waals surface area (Å²) >= 11 is 0. The van der Waals surface area contributed by atoms with Crippen molar-refractivity contribution < 1.29 is 47.5 Å². The molecule has 2 atom stereocenters. The van der Waals surface area contributed by atoms with E-state index >= 15 is 0 Å². The highest BCUT2D eigenvalue weighted by Gasteiger charge is 2.48. The van der Waals surface area contributed by atoms with Gasteiger partial charge in [-0.3, -0.25) is 9.59 Å². The van der Waals surface area contributed by atoms with Crippen molar-refractivity contribution in [3.05, 3.63) is 89.5 Å². The number of methoxy groups -OCH3 is 2. The fourth-order valence-electron chi connectivity index (χ4n) is 6.96. The second-order valence-corrected chi connectivity index (χ2v) is 13.3. The lowest BCUT2D eigenvalue weighted by Crippen LogP contribution is -2.42. The zero-order chi connectivity index (χ0) is 37.2. The molecule has 3 aromatic rings. The molecule has 0 radical (unpaired) electrons. The van der Waals surface area contributed by atoms with Crippen molar-refractivity contribution in [3.8, 4) is 17.2 Å². The Morgan fingerprint density at radius 3 is 2.04 bits per heavy atom. The lowest BCUT2D eigenvalue weighted by Gasteiger charge is -2.43. The van der Waals surface area contributed by atoms with Crippen molar-refractivity contribution in [3.63, 3.8) is 0 Å². The van der Waals surface area contributed by atoms with Crippen LogP contribution in [0.25, 0.3) is 0 Å². The Balaban J connectivity index is 1.51. The number of fused-ring (bicyclic) bond motifs is 1. The molecule has 3 aromatic carbocycles. The van der Waals surface area contributed by atoms with Crippen molar-refractivity contribution in [1.29, 1.82) is 0 Å². The van der Waals surface area contributed by atoms with E-state index in [9.17, 15) is 9.59 Å². The molecular weight excluding hydrogens is 664 g/mol. The largest absolute Gasteiger partial charge is 0.492 e. The lowest BCUT2D eigenvalue weighted by molar-refractivity contribution is -0.173. The molecular formula is C42H56O10. The minimum Gasteiger partial charge on any atom is -0.492 e. The van der Waals surface area contributed by atoms with Gasteiger partial charge in [0.25, 0.3) is 0 Å². The Morgan fingerprint density at radius 2 is 1.40 bits per heavy atom. The van der Waals surface area contributed by atoms with Crippen LogP contribution in [0.2, 0.25) is 0 Å². The number of benzene rings is 3. The van der Waals surface area contributed by atoms with Gasteiger partial charge in [0.05, 0.1) is 26.4 Å². The Labute approximate surface area is 309 Å². The summed E-state index contributed by atoms with van der Waals surface area (Å²) in [6.07, 6.45) is 4.17. The van der Waals surface area contributed by atoms with Crippen molar-refractivity contribution in [2.75, 3.05) is 54.2 Å². The van der Waals surface area contributed by atoms with Crippen molar-refractivity contribution in [2.24, 2.45) is 5.41 Å². The summed E-state index contributed by atoms with van der Waals surface area (Å²) in [7, 11) is 3.18. The highest BCUT2D eigenvalue weighted by molar-refractivity contribution is 6.00. The van der Waals surface area contributed by atoms with E-state index in [0.29, 0.717) is 57.7 Å². The maximum absolute atomic E-state index is 13.6. The molecule has 0 fully saturated rings. The maximum Gasteiger partial charge on any atom is 0.323 e. The van der Waals surface area contributed by atoms with Gasteiger partial charge in [-0.25, -0.2) is 0 Å². The molecule has 0 unspecified atom stereocenters. The van der Waals surface area contributed by atoms with Gasteiger partial charge in [0.15, 0.2) is 19.0 Å². The van der Waals surface area contributed by atoms with Gasteiger partial charge in [-0.05, 0) is 80.8 Å². The van der Waals surface area contributed by atoms with E-state index in [4.69, 9.17) is 37.9 Å². The molecule has 0 bridgehead atoms. The summed E-state index contributed by atoms with van der Waals surface area (Å²) in [6, 6.07) is 24.0. The number of carbonyl (C=O) groups is 2. The third kappa shape index (κ3) is 10.7. The van der Waals surface area contributed by atoms with Gasteiger partial charge in [-0.2, -0.15) is 0 Å². The highest BCUT2D eigenvalue weighted by Crippen LogP contribution is 2.50. The summed E-state index contributed by atoms with van der Waals surface area (Å²) in [5, 5.41) is 0. The smallest absolute Gasteiger partial charge is 0.323 e. The van der Waals surface area contributed by atoms with E-state index in [1.165, 1.54) is 0 Å². The van der Waals surface area contributed by atoms with Crippen molar-refractivity contribution >= 4 is 11.9 Å². The Hall–Kier alpha value is -4.12. The molecule has 4 rings (SSSR count). The second kappa shape index (κ2) is 20.8. The van der Waals surface area contributed by atoms with Gasteiger partial charge in [0.1, 0.15) is 17.2 Å². The molecule has 0 aliphatic carbocycles. The molecule has 1 aliphatic heterocycles. The van der Waals surface area contributed by atoms with Crippen LogP contribution in [-0.2, 0) is 45.3 Å². The molecule has 10 heteroatoms. The normalized spacial score (nSPS) is 16.8. The molecule has 0 aromatic heterocycles. The van der Waals surface area contributed by atoms with E-state index in [-0.39, 0.29) is 38.1 Å². The zero-order valence-electron chi connectivity index (χ0n) is 31.5. The predicted octanol–water partition coefficient (Wildman–Crippen LogP) is 8.15. The first-order chi connectivity index (χ1) is 25.3. The summed E-state index contributed by atoms with van der Waals surface area (Å²) in [5.41, 5.74) is 1.55. The predicted molar refractivity (Wildman–Crippen MR) is 198 cm³/mol. The summed E-state index contributed by atoms with van der Waals surface area (Å²) in [6.45, 7) is 7.92. The van der Waals surface area contributed by atoms with Gasteiger partial charge < -0.3 is 37.9 Å². The molecule has 0 N–H and O–H groups in total. The molecule has 0 amide bonds. The molecule has 1 heterocycles. The van der Waals surface area contributed by atoms with Crippen LogP contribution in [0.3, 0.4) is 0 Å². The zero-order valence-corrected chi connectivity index (χ0v) is 31.5. The molecule has 0 saturated carbocycles. The molecule has 0 saturated heterocycles. The average molecular weight is 721 g/mol. The number of rotatable bonds is 23. The third-order valence-corrected chi connectivity index (χ3v) is 9.79. The van der Waals surface area contributed by atoms with Crippen molar-refractivity contribution in [2.45, 2.75) is 83.7 Å². The van der Waals surface area contributed by atoms with Crippen LogP contribution in [0.4, 0.5) is 0 Å². The van der Waals surface area contributed by atoms with Crippen LogP contribution in [0.5, 0.6) is 17.2 Å². The summed E-state index contributed by atoms with van der Waals surface area (Å²) in [4.78, 5) is 27.2. The SMILES string of the molecule is CCOC(=O)C(CCCCOCc1ccccc1)(CCCC[C@@H]1c2ccc(OCOC)cc2OC[C@]1(C)c1ccc(OCOC)cc1)C(=O)OCC. The quantitative estimate of drug-likeness (QED) is 0.0412. The molecule has 0 spiro atoms. The van der Waals surface area contributed by atoms with Gasteiger partial charge in [0.2, 0.25) is 0 Å². The van der Waals surface area contributed by atoms with Crippen LogP contribution in [0.15, 0.2) is 72.8 Å². The van der Waals surface area contributed by atoms with Crippen LogP contribution in [0, 0.1) is 5.41 Å². The maximum atomic E-state index is 13.6. The van der Waals surface area contributed by atoms with Gasteiger partial charge in [-0.15, -0.1) is 0 Å². The standard InChI is InChI=1S/C42H56O10/c1-6-48-39(43)42(40(44)49-7-2,25-13-14-26-47-28-32-15-9-8-10-16-32)24-12-11-17-37-36-23-22-35(52-31-46-5)27-38(36)50-29-41(37,3)33-18-20-34(21-19-33)51-30-45-4/h8-10,15-16,18-23,27,37H,6-7,11-14,17,24-26,28-31H2,1-5H3/t37-,41-/m1/s1. The lowest BCUT2D eigenvalue weighted by atomic mass is 9.66. The average Bonchev–Trinajstić information content (AvgIpc) is 3.16. The number of hydrogen-bond acceptors (Lipinski definition) is 10. The van der Waals surface area contributed by atoms with E-state index in [0.717, 1.165) is 41.0 Å². The van der Waals surface area contributed by atoms with Crippen molar-refractivity contribution in [1.82, 2.24) is 0 Å². The highest BCUT2D eigenvalue weighted by atomic mass is 16.7. The molecule has 284 valence electrons. The van der Waals surface area contributed by atoms with E-state index in [1.807, 2.05) is 54.6 Å². The van der Waals surface area contributed by atoms with E-state index < -0.39 is 17.4 Å².